The van der Waals surface area contributed by atoms with Gasteiger partial charge in [-0.1, -0.05) is 24.3 Å². The van der Waals surface area contributed by atoms with E-state index in [1.807, 2.05) is 0 Å². The van der Waals surface area contributed by atoms with Gasteiger partial charge in [-0.05, 0) is 42.3 Å². The molecule has 0 aromatic heterocycles. The fraction of sp³-hybridized carbons (Fsp3) is 0.235. The third-order valence-corrected chi connectivity index (χ3v) is 4.88. The molecule has 0 aliphatic rings. The van der Waals surface area contributed by atoms with E-state index in [2.05, 4.69) is 9.46 Å². The summed E-state index contributed by atoms with van der Waals surface area (Å²) in [4.78, 5) is 11.4. The van der Waals surface area contributed by atoms with Crippen molar-refractivity contribution in [1.82, 2.24) is 4.72 Å². The van der Waals surface area contributed by atoms with Crippen molar-refractivity contribution in [2.24, 2.45) is 0 Å². The van der Waals surface area contributed by atoms with E-state index < -0.39 is 22.0 Å². The Hall–Kier alpha value is -2.25. The highest BCUT2D eigenvalue weighted by molar-refractivity contribution is 7.88. The third kappa shape index (κ3) is 4.87. The predicted octanol–water partition coefficient (Wildman–Crippen LogP) is 2.79. The number of esters is 1. The van der Waals surface area contributed by atoms with Gasteiger partial charge in [0.1, 0.15) is 5.82 Å². The number of hydrogen-bond donors (Lipinski definition) is 1. The predicted molar refractivity (Wildman–Crippen MR) is 88.4 cm³/mol. The highest BCUT2D eigenvalue weighted by Gasteiger charge is 2.17. The summed E-state index contributed by atoms with van der Waals surface area (Å²) < 4.78 is 44.6. The largest absolute Gasteiger partial charge is 0.465 e. The van der Waals surface area contributed by atoms with Gasteiger partial charge in [-0.15, -0.1) is 0 Å². The molecule has 2 aromatic rings. The molecule has 0 fully saturated rings. The van der Waals surface area contributed by atoms with Crippen LogP contribution < -0.4 is 4.72 Å². The second kappa shape index (κ2) is 7.55. The zero-order valence-electron chi connectivity index (χ0n) is 13.3. The molecule has 2 rings (SSSR count). The Kier molecular flexibility index (Phi) is 5.69. The van der Waals surface area contributed by atoms with Crippen molar-refractivity contribution in [3.8, 4) is 0 Å². The van der Waals surface area contributed by atoms with Crippen molar-refractivity contribution in [1.29, 1.82) is 0 Å². The molecule has 24 heavy (non-hydrogen) atoms. The maximum atomic E-state index is 12.9. The van der Waals surface area contributed by atoms with Crippen molar-refractivity contribution in [3.63, 3.8) is 0 Å². The molecule has 0 unspecified atom stereocenters. The Morgan fingerprint density at radius 2 is 1.71 bits per heavy atom. The van der Waals surface area contributed by atoms with Gasteiger partial charge in [0.2, 0.25) is 10.0 Å². The van der Waals surface area contributed by atoms with Gasteiger partial charge in [0, 0.05) is 6.04 Å². The van der Waals surface area contributed by atoms with Crippen LogP contribution in [0.15, 0.2) is 48.5 Å². The summed E-state index contributed by atoms with van der Waals surface area (Å²) in [6.45, 7) is 1.69. The summed E-state index contributed by atoms with van der Waals surface area (Å²) in [6, 6.07) is 11.3. The molecule has 0 radical (unpaired) electrons. The molecule has 0 saturated heterocycles. The minimum atomic E-state index is -3.59. The summed E-state index contributed by atoms with van der Waals surface area (Å²) in [5.74, 6) is -1.08. The van der Waals surface area contributed by atoms with Crippen LogP contribution >= 0.6 is 0 Å². The van der Waals surface area contributed by atoms with Gasteiger partial charge >= 0.3 is 5.97 Å². The molecule has 1 atom stereocenters. The van der Waals surface area contributed by atoms with E-state index in [0.717, 1.165) is 0 Å². The van der Waals surface area contributed by atoms with E-state index in [-0.39, 0.29) is 11.6 Å². The zero-order valence-corrected chi connectivity index (χ0v) is 14.1. The second-order valence-corrected chi connectivity index (χ2v) is 7.09. The molecule has 2 aromatic carbocycles. The molecule has 1 N–H and O–H groups in total. The van der Waals surface area contributed by atoms with E-state index in [9.17, 15) is 17.6 Å². The summed E-state index contributed by atoms with van der Waals surface area (Å²) in [5, 5.41) is 0. The smallest absolute Gasteiger partial charge is 0.337 e. The van der Waals surface area contributed by atoms with Crippen LogP contribution in [0.3, 0.4) is 0 Å². The lowest BCUT2D eigenvalue weighted by atomic mass is 10.1. The van der Waals surface area contributed by atoms with Gasteiger partial charge in [-0.25, -0.2) is 22.3 Å². The first-order valence-electron chi connectivity index (χ1n) is 7.23. The van der Waals surface area contributed by atoms with Crippen LogP contribution in [0, 0.1) is 5.82 Å². The first-order chi connectivity index (χ1) is 11.3. The molecule has 5 nitrogen and oxygen atoms in total. The standard InChI is InChI=1S/C17H18FNO4S/c1-12(14-7-9-16(18)10-8-14)19-24(21,22)11-13-3-5-15(6-4-13)17(20)23-2/h3-10,12,19H,11H2,1-2H3/t12-/m1/s1. The molecule has 0 heterocycles. The number of sulfonamides is 1. The normalized spacial score (nSPS) is 12.6. The Bertz CT molecular complexity index is 801. The molecular weight excluding hydrogens is 333 g/mol. The van der Waals surface area contributed by atoms with E-state index in [4.69, 9.17) is 0 Å². The van der Waals surface area contributed by atoms with E-state index in [1.165, 1.54) is 43.5 Å². The first-order valence-corrected chi connectivity index (χ1v) is 8.88. The number of ether oxygens (including phenoxy) is 1. The van der Waals surface area contributed by atoms with E-state index in [1.54, 1.807) is 19.1 Å². The van der Waals surface area contributed by atoms with Crippen LogP contribution in [-0.2, 0) is 20.5 Å². The zero-order chi connectivity index (χ0) is 17.7. The maximum absolute atomic E-state index is 12.9. The molecule has 0 bridgehead atoms. The fourth-order valence-electron chi connectivity index (χ4n) is 2.20. The Morgan fingerprint density at radius 1 is 1.12 bits per heavy atom. The summed E-state index contributed by atoms with van der Waals surface area (Å²) in [5.41, 5.74) is 1.56. The van der Waals surface area contributed by atoms with Crippen LogP contribution in [-0.4, -0.2) is 21.5 Å². The van der Waals surface area contributed by atoms with Crippen LogP contribution in [0.1, 0.15) is 34.5 Å². The lowest BCUT2D eigenvalue weighted by molar-refractivity contribution is 0.0600. The van der Waals surface area contributed by atoms with Crippen LogP contribution in [0.25, 0.3) is 0 Å². The van der Waals surface area contributed by atoms with Crippen molar-refractivity contribution in [3.05, 3.63) is 71.0 Å². The number of halogens is 1. The average Bonchev–Trinajstić information content (AvgIpc) is 2.54. The number of rotatable bonds is 6. The van der Waals surface area contributed by atoms with Gasteiger partial charge < -0.3 is 4.74 Å². The number of methoxy groups -OCH3 is 1. The second-order valence-electron chi connectivity index (χ2n) is 5.34. The van der Waals surface area contributed by atoms with Crippen molar-refractivity contribution in [2.45, 2.75) is 18.7 Å². The van der Waals surface area contributed by atoms with Gasteiger partial charge in [0.15, 0.2) is 0 Å². The lowest BCUT2D eigenvalue weighted by Crippen LogP contribution is -2.28. The highest BCUT2D eigenvalue weighted by Crippen LogP contribution is 2.16. The molecule has 0 amide bonds. The number of carbonyl (C=O) groups is 1. The van der Waals surface area contributed by atoms with Gasteiger partial charge in [0.25, 0.3) is 0 Å². The highest BCUT2D eigenvalue weighted by atomic mass is 32.2. The molecular formula is C17H18FNO4S. The van der Waals surface area contributed by atoms with Gasteiger partial charge in [-0.3, -0.25) is 0 Å². The topological polar surface area (TPSA) is 72.5 Å². The third-order valence-electron chi connectivity index (χ3n) is 3.46. The van der Waals surface area contributed by atoms with Crippen molar-refractivity contribution >= 4 is 16.0 Å². The average molecular weight is 351 g/mol. The van der Waals surface area contributed by atoms with Crippen LogP contribution in [0.2, 0.25) is 0 Å². The van der Waals surface area contributed by atoms with Crippen molar-refractivity contribution < 1.29 is 22.3 Å². The number of carbonyl (C=O) groups excluding carboxylic acids is 1. The van der Waals surface area contributed by atoms with Gasteiger partial charge in [0.05, 0.1) is 18.4 Å². The van der Waals surface area contributed by atoms with Gasteiger partial charge in [-0.2, -0.15) is 0 Å². The Morgan fingerprint density at radius 3 is 2.25 bits per heavy atom. The maximum Gasteiger partial charge on any atom is 0.337 e. The molecule has 7 heteroatoms. The minimum absolute atomic E-state index is 0.222. The minimum Gasteiger partial charge on any atom is -0.465 e. The molecule has 0 aliphatic carbocycles. The summed E-state index contributed by atoms with van der Waals surface area (Å²) in [7, 11) is -2.31. The molecule has 0 spiro atoms. The Labute approximate surface area is 140 Å². The molecule has 0 saturated carbocycles. The fourth-order valence-corrected chi connectivity index (χ4v) is 3.59. The van der Waals surface area contributed by atoms with Crippen molar-refractivity contribution in [2.75, 3.05) is 7.11 Å². The monoisotopic (exact) mass is 351 g/mol. The van der Waals surface area contributed by atoms with E-state index in [0.29, 0.717) is 16.7 Å². The van der Waals surface area contributed by atoms with Crippen LogP contribution in [0.5, 0.6) is 0 Å². The lowest BCUT2D eigenvalue weighted by Gasteiger charge is -2.15. The van der Waals surface area contributed by atoms with E-state index >= 15 is 0 Å². The number of hydrogen-bond acceptors (Lipinski definition) is 4. The first kappa shape index (κ1) is 18.1. The molecule has 128 valence electrons. The summed E-state index contributed by atoms with van der Waals surface area (Å²) in [6.07, 6.45) is 0. The molecule has 0 aliphatic heterocycles. The Balaban J connectivity index is 2.05. The quantitative estimate of drug-likeness (QED) is 0.812. The number of nitrogens with one attached hydrogen (secondary N) is 1. The van der Waals surface area contributed by atoms with Crippen LogP contribution in [0.4, 0.5) is 4.39 Å². The number of benzene rings is 2. The SMILES string of the molecule is COC(=O)c1ccc(CS(=O)(=O)N[C@H](C)c2ccc(F)cc2)cc1. The summed E-state index contributed by atoms with van der Waals surface area (Å²) >= 11 is 0.